The molecule has 22 heavy (non-hydrogen) atoms. The molecule has 2 aromatic carbocycles. The van der Waals surface area contributed by atoms with Crippen LogP contribution in [0.4, 0.5) is 15.8 Å². The Bertz CT molecular complexity index is 812. The van der Waals surface area contributed by atoms with Crippen LogP contribution in [0.5, 0.6) is 0 Å². The Labute approximate surface area is 125 Å². The van der Waals surface area contributed by atoms with Crippen molar-refractivity contribution in [2.45, 2.75) is 6.42 Å². The number of hydrogen-bond acceptors (Lipinski definition) is 3. The van der Waals surface area contributed by atoms with E-state index in [4.69, 9.17) is 0 Å². The van der Waals surface area contributed by atoms with Gasteiger partial charge in [-0.25, -0.2) is 4.39 Å². The highest BCUT2D eigenvalue weighted by atomic mass is 19.1. The molecule has 0 radical (unpaired) electrons. The molecule has 1 heterocycles. The molecule has 2 N–H and O–H groups in total. The minimum atomic E-state index is -0.422. The summed E-state index contributed by atoms with van der Waals surface area (Å²) >= 11 is 0. The van der Waals surface area contributed by atoms with Gasteiger partial charge in [0.25, 0.3) is 5.69 Å². The molecule has 0 spiro atoms. The summed E-state index contributed by atoms with van der Waals surface area (Å²) in [6, 6.07) is 11.0. The molecule has 3 rings (SSSR count). The molecule has 0 fully saturated rings. The van der Waals surface area contributed by atoms with Crippen LogP contribution in [0.25, 0.3) is 10.9 Å². The third kappa shape index (κ3) is 2.90. The van der Waals surface area contributed by atoms with E-state index < -0.39 is 4.92 Å². The Hall–Kier alpha value is -2.89. The number of nitro groups is 1. The van der Waals surface area contributed by atoms with E-state index in [0.717, 1.165) is 28.6 Å². The summed E-state index contributed by atoms with van der Waals surface area (Å²) in [5.41, 5.74) is 2.79. The molecule has 0 bridgehead atoms. The average Bonchev–Trinajstić information content (AvgIpc) is 2.90. The second-order valence-corrected chi connectivity index (χ2v) is 4.98. The summed E-state index contributed by atoms with van der Waals surface area (Å²) < 4.78 is 13.1. The number of benzene rings is 2. The van der Waals surface area contributed by atoms with Crippen LogP contribution >= 0.6 is 0 Å². The van der Waals surface area contributed by atoms with Crippen molar-refractivity contribution >= 4 is 22.3 Å². The number of nitro benzene ring substituents is 1. The van der Waals surface area contributed by atoms with E-state index in [0.29, 0.717) is 6.54 Å². The molecule has 0 atom stereocenters. The Morgan fingerprint density at radius 3 is 2.68 bits per heavy atom. The Balaban J connectivity index is 1.63. The number of H-pyrrole nitrogens is 1. The van der Waals surface area contributed by atoms with Crippen LogP contribution in [0, 0.1) is 15.9 Å². The number of aromatic nitrogens is 1. The van der Waals surface area contributed by atoms with Gasteiger partial charge in [-0.1, -0.05) is 0 Å². The zero-order valence-electron chi connectivity index (χ0n) is 11.7. The molecule has 0 saturated heterocycles. The fraction of sp³-hybridized carbons (Fsp3) is 0.125. The smallest absolute Gasteiger partial charge is 0.269 e. The summed E-state index contributed by atoms with van der Waals surface area (Å²) in [5.74, 6) is -0.259. The van der Waals surface area contributed by atoms with Gasteiger partial charge in [0.15, 0.2) is 0 Å². The number of hydrogen-bond donors (Lipinski definition) is 2. The van der Waals surface area contributed by atoms with Gasteiger partial charge in [-0.15, -0.1) is 0 Å². The fourth-order valence-corrected chi connectivity index (χ4v) is 2.41. The number of nitrogens with zero attached hydrogens (tertiary/aromatic N) is 1. The summed E-state index contributed by atoms with van der Waals surface area (Å²) in [4.78, 5) is 13.2. The molecule has 0 aliphatic carbocycles. The van der Waals surface area contributed by atoms with Gasteiger partial charge in [-0.05, 0) is 42.3 Å². The number of nitrogens with one attached hydrogen (secondary N) is 2. The largest absolute Gasteiger partial charge is 0.385 e. The van der Waals surface area contributed by atoms with Crippen LogP contribution in [0.2, 0.25) is 0 Å². The molecule has 0 aliphatic rings. The van der Waals surface area contributed by atoms with E-state index in [1.165, 1.54) is 24.3 Å². The van der Waals surface area contributed by atoms with Gasteiger partial charge >= 0.3 is 0 Å². The zero-order valence-corrected chi connectivity index (χ0v) is 11.7. The van der Waals surface area contributed by atoms with Gasteiger partial charge in [0.2, 0.25) is 0 Å². The summed E-state index contributed by atoms with van der Waals surface area (Å²) in [5, 5.41) is 14.8. The first-order valence-electron chi connectivity index (χ1n) is 6.87. The van der Waals surface area contributed by atoms with Gasteiger partial charge in [0, 0.05) is 41.5 Å². The standard InChI is InChI=1S/C16H14FN3O2/c17-12-1-6-15-11(10-19-16(15)9-12)7-8-18-13-2-4-14(5-3-13)20(21)22/h1-6,9-10,18-19H,7-8H2. The highest BCUT2D eigenvalue weighted by molar-refractivity contribution is 5.83. The van der Waals surface area contributed by atoms with Gasteiger partial charge in [-0.2, -0.15) is 0 Å². The van der Waals surface area contributed by atoms with Crippen LogP contribution in [-0.2, 0) is 6.42 Å². The number of anilines is 1. The first-order chi connectivity index (χ1) is 10.6. The molecule has 3 aromatic rings. The number of halogens is 1. The maximum Gasteiger partial charge on any atom is 0.269 e. The zero-order chi connectivity index (χ0) is 15.5. The molecule has 112 valence electrons. The van der Waals surface area contributed by atoms with Crippen LogP contribution in [0.3, 0.4) is 0 Å². The fourth-order valence-electron chi connectivity index (χ4n) is 2.41. The Morgan fingerprint density at radius 2 is 1.95 bits per heavy atom. The van der Waals surface area contributed by atoms with Crippen LogP contribution < -0.4 is 5.32 Å². The normalized spacial score (nSPS) is 10.8. The van der Waals surface area contributed by atoms with Gasteiger partial charge in [0.05, 0.1) is 4.92 Å². The second kappa shape index (κ2) is 5.85. The SMILES string of the molecule is O=[N+]([O-])c1ccc(NCCc2c[nH]c3cc(F)ccc23)cc1. The molecule has 6 heteroatoms. The van der Waals surface area contributed by atoms with Crippen LogP contribution in [-0.4, -0.2) is 16.5 Å². The third-order valence-electron chi connectivity index (χ3n) is 3.53. The van der Waals surface area contributed by atoms with E-state index in [2.05, 4.69) is 10.3 Å². The summed E-state index contributed by atoms with van der Waals surface area (Å²) in [7, 11) is 0. The summed E-state index contributed by atoms with van der Waals surface area (Å²) in [6.45, 7) is 0.683. The molecular formula is C16H14FN3O2. The number of fused-ring (bicyclic) bond motifs is 1. The quantitative estimate of drug-likeness (QED) is 0.555. The number of non-ortho nitro benzene ring substituents is 1. The van der Waals surface area contributed by atoms with Crippen molar-refractivity contribution in [2.24, 2.45) is 0 Å². The lowest BCUT2D eigenvalue weighted by Gasteiger charge is -2.05. The van der Waals surface area contributed by atoms with Crippen LogP contribution in [0.15, 0.2) is 48.7 Å². The average molecular weight is 299 g/mol. The molecule has 0 unspecified atom stereocenters. The highest BCUT2D eigenvalue weighted by Gasteiger charge is 2.06. The lowest BCUT2D eigenvalue weighted by atomic mass is 10.1. The first-order valence-corrected chi connectivity index (χ1v) is 6.87. The highest BCUT2D eigenvalue weighted by Crippen LogP contribution is 2.20. The minimum absolute atomic E-state index is 0.0733. The molecule has 0 amide bonds. The van der Waals surface area contributed by atoms with E-state index in [1.54, 1.807) is 18.2 Å². The third-order valence-corrected chi connectivity index (χ3v) is 3.53. The van der Waals surface area contributed by atoms with Gasteiger partial charge in [-0.3, -0.25) is 10.1 Å². The number of aromatic amines is 1. The van der Waals surface area contributed by atoms with Crippen molar-refractivity contribution in [2.75, 3.05) is 11.9 Å². The topological polar surface area (TPSA) is 71.0 Å². The monoisotopic (exact) mass is 299 g/mol. The van der Waals surface area contributed by atoms with Crippen molar-refractivity contribution in [3.05, 3.63) is 70.2 Å². The van der Waals surface area contributed by atoms with E-state index in [-0.39, 0.29) is 11.5 Å². The van der Waals surface area contributed by atoms with Crippen molar-refractivity contribution in [1.82, 2.24) is 4.98 Å². The van der Waals surface area contributed by atoms with Gasteiger partial charge in [0.1, 0.15) is 5.82 Å². The van der Waals surface area contributed by atoms with Crippen molar-refractivity contribution in [3.63, 3.8) is 0 Å². The van der Waals surface area contributed by atoms with E-state index in [9.17, 15) is 14.5 Å². The molecule has 0 aliphatic heterocycles. The number of rotatable bonds is 5. The van der Waals surface area contributed by atoms with Gasteiger partial charge < -0.3 is 10.3 Å². The van der Waals surface area contributed by atoms with E-state index >= 15 is 0 Å². The molecule has 5 nitrogen and oxygen atoms in total. The first kappa shape index (κ1) is 14.1. The van der Waals surface area contributed by atoms with E-state index in [1.807, 2.05) is 6.20 Å². The van der Waals surface area contributed by atoms with Crippen molar-refractivity contribution < 1.29 is 9.31 Å². The maximum absolute atomic E-state index is 13.1. The predicted molar refractivity (Wildman–Crippen MR) is 83.5 cm³/mol. The lowest BCUT2D eigenvalue weighted by Crippen LogP contribution is -2.04. The minimum Gasteiger partial charge on any atom is -0.385 e. The Kier molecular flexibility index (Phi) is 3.74. The summed E-state index contributed by atoms with van der Waals surface area (Å²) in [6.07, 6.45) is 2.64. The van der Waals surface area contributed by atoms with Crippen molar-refractivity contribution in [1.29, 1.82) is 0 Å². The predicted octanol–water partition coefficient (Wildman–Crippen LogP) is 3.87. The van der Waals surface area contributed by atoms with Crippen LogP contribution in [0.1, 0.15) is 5.56 Å². The molecule has 1 aromatic heterocycles. The molecule has 0 saturated carbocycles. The lowest BCUT2D eigenvalue weighted by molar-refractivity contribution is -0.384. The van der Waals surface area contributed by atoms with Crippen molar-refractivity contribution in [3.8, 4) is 0 Å². The molecular weight excluding hydrogens is 285 g/mol. The second-order valence-electron chi connectivity index (χ2n) is 4.98. The Morgan fingerprint density at radius 1 is 1.18 bits per heavy atom. The maximum atomic E-state index is 13.1.